The fourth-order valence-electron chi connectivity index (χ4n) is 12.7. The molecule has 0 saturated heterocycles. The highest BCUT2D eigenvalue weighted by molar-refractivity contribution is 5.99. The Bertz CT molecular complexity index is 3880. The largest absolute Gasteiger partial charge is 0.508 e. The summed E-state index contributed by atoms with van der Waals surface area (Å²) in [5.41, 5.74) is 48.5. The molecule has 670 valence electrons. The van der Waals surface area contributed by atoms with Crippen LogP contribution in [0.2, 0.25) is 0 Å². The number of benzene rings is 4. The molecule has 4 rings (SSSR count). The molecular weight excluding hydrogens is 1580 g/mol. The van der Waals surface area contributed by atoms with Crippen molar-refractivity contribution in [1.29, 1.82) is 21.6 Å². The fraction of sp³-hybridized carbons (Fsp3) is 0.500. The van der Waals surface area contributed by atoms with Gasteiger partial charge in [0.15, 0.2) is 23.8 Å². The van der Waals surface area contributed by atoms with Gasteiger partial charge >= 0.3 is 0 Å². The van der Waals surface area contributed by atoms with Crippen LogP contribution in [0.15, 0.2) is 97.1 Å². The zero-order valence-corrected chi connectivity index (χ0v) is 69.2. The first-order valence-corrected chi connectivity index (χ1v) is 40.2. The Kier molecular flexibility index (Phi) is 43.6. The van der Waals surface area contributed by atoms with E-state index in [1.165, 1.54) is 97.1 Å². The number of aromatic hydroxyl groups is 4. The maximum absolute atomic E-state index is 14.7. The van der Waals surface area contributed by atoms with Gasteiger partial charge in [0.05, 0.1) is 12.1 Å². The van der Waals surface area contributed by atoms with Crippen molar-refractivity contribution in [2.45, 2.75) is 216 Å². The highest BCUT2D eigenvalue weighted by atomic mass is 16.3. The van der Waals surface area contributed by atoms with Crippen molar-refractivity contribution in [2.24, 2.45) is 57.7 Å². The Hall–Kier alpha value is -13.3. The number of primary amides is 2. The van der Waals surface area contributed by atoms with Crippen LogP contribution in [0, 0.1) is 33.5 Å². The molecule has 122 heavy (non-hydrogen) atoms. The summed E-state index contributed by atoms with van der Waals surface area (Å²) in [6, 6.07) is 6.59. The molecule has 0 fully saturated rings. The molecule has 0 aliphatic carbocycles. The lowest BCUT2D eigenvalue weighted by atomic mass is 10.00. The van der Waals surface area contributed by atoms with Crippen molar-refractivity contribution >= 4 is 94.7 Å². The van der Waals surface area contributed by atoms with Crippen molar-refractivity contribution < 1.29 is 78.0 Å². The van der Waals surface area contributed by atoms with E-state index in [2.05, 4.69) is 74.4 Å². The highest BCUT2D eigenvalue weighted by Gasteiger charge is 2.37. The number of hydrogen-bond donors (Lipinski definition) is 30. The van der Waals surface area contributed by atoms with Crippen LogP contribution >= 0.6 is 0 Å². The number of unbranched alkanes of at least 4 members (excludes halogenated alkanes) is 1. The number of carbonyl (C=O) groups excluding carboxylic acids is 12. The maximum atomic E-state index is 14.7. The Morgan fingerprint density at radius 1 is 0.270 bits per heavy atom. The molecule has 42 nitrogen and oxygen atoms in total. The summed E-state index contributed by atoms with van der Waals surface area (Å²) in [6.07, 6.45) is -0.269. The normalized spacial score (nSPS) is 14.0. The van der Waals surface area contributed by atoms with Gasteiger partial charge in [-0.2, -0.15) is 0 Å². The first kappa shape index (κ1) is 101. The van der Waals surface area contributed by atoms with E-state index in [4.69, 9.17) is 67.5 Å². The summed E-state index contributed by atoms with van der Waals surface area (Å²) in [5.74, 6) is -12.7. The van der Waals surface area contributed by atoms with Crippen LogP contribution in [0.4, 0.5) is 0 Å². The van der Waals surface area contributed by atoms with Gasteiger partial charge in [-0.1, -0.05) is 89.1 Å². The van der Waals surface area contributed by atoms with Crippen LogP contribution in [0.25, 0.3) is 0 Å². The Balaban J connectivity index is 1.55. The number of phenols is 4. The minimum absolute atomic E-state index is 0.00811. The van der Waals surface area contributed by atoms with Gasteiger partial charge < -0.3 is 141 Å². The molecule has 0 radical (unpaired) electrons. The third-order valence-electron chi connectivity index (χ3n) is 19.2. The zero-order chi connectivity index (χ0) is 90.7. The minimum Gasteiger partial charge on any atom is -0.508 e. The van der Waals surface area contributed by atoms with Crippen molar-refractivity contribution in [3.8, 4) is 23.0 Å². The molecule has 12 atom stereocenters. The molecule has 42 heteroatoms. The molecule has 0 aromatic heterocycles. The second-order valence-corrected chi connectivity index (χ2v) is 30.6. The van der Waals surface area contributed by atoms with Gasteiger partial charge in [0, 0.05) is 51.9 Å². The number of amides is 12. The van der Waals surface area contributed by atoms with E-state index in [0.717, 1.165) is 0 Å². The highest BCUT2D eigenvalue weighted by Crippen LogP contribution is 2.19. The summed E-state index contributed by atoms with van der Waals surface area (Å²) in [7, 11) is 0. The van der Waals surface area contributed by atoms with E-state index >= 15 is 0 Å². The molecule has 4 aromatic carbocycles. The number of nitrogens with one attached hydrogen (secondary N) is 18. The lowest BCUT2D eigenvalue weighted by molar-refractivity contribution is -0.135. The number of rotatable bonds is 55. The van der Waals surface area contributed by atoms with E-state index in [1.54, 1.807) is 27.7 Å². The lowest BCUT2D eigenvalue weighted by Crippen LogP contribution is -2.60. The molecule has 0 spiro atoms. The minimum atomic E-state index is -1.46. The number of hydrogen-bond acceptors (Lipinski definition) is 22. The molecule has 0 aliphatic heterocycles. The summed E-state index contributed by atoms with van der Waals surface area (Å²) in [4.78, 5) is 170. The molecular formula is C80H124N26O16. The summed E-state index contributed by atoms with van der Waals surface area (Å²) in [6.45, 7) is 7.35. The third kappa shape index (κ3) is 39.5. The monoisotopic (exact) mass is 1700 g/mol. The van der Waals surface area contributed by atoms with Gasteiger partial charge in [0.25, 0.3) is 0 Å². The molecule has 0 bridgehead atoms. The Morgan fingerprint density at radius 3 is 0.672 bits per heavy atom. The van der Waals surface area contributed by atoms with Gasteiger partial charge in [-0.15, -0.1) is 0 Å². The van der Waals surface area contributed by atoms with Crippen molar-refractivity contribution in [2.75, 3.05) is 26.2 Å². The lowest BCUT2D eigenvalue weighted by Gasteiger charge is -2.28. The Labute approximate surface area is 707 Å². The van der Waals surface area contributed by atoms with Crippen LogP contribution in [-0.4, -0.2) is 214 Å². The van der Waals surface area contributed by atoms with Crippen molar-refractivity contribution in [1.82, 2.24) is 74.4 Å². The van der Waals surface area contributed by atoms with Crippen LogP contribution in [0.5, 0.6) is 23.0 Å². The van der Waals surface area contributed by atoms with Crippen LogP contribution in [0.3, 0.4) is 0 Å². The smallest absolute Gasteiger partial charge is 0.243 e. The summed E-state index contributed by atoms with van der Waals surface area (Å²) in [5, 5.41) is 108. The van der Waals surface area contributed by atoms with Gasteiger partial charge in [0.1, 0.15) is 83.4 Å². The van der Waals surface area contributed by atoms with E-state index < -0.39 is 143 Å². The fourth-order valence-corrected chi connectivity index (χ4v) is 12.7. The summed E-state index contributed by atoms with van der Waals surface area (Å²) >= 11 is 0. The number of phenolic OH excluding ortho intramolecular Hbond substituents is 4. The first-order valence-electron chi connectivity index (χ1n) is 40.2. The third-order valence-corrected chi connectivity index (χ3v) is 19.2. The molecule has 0 unspecified atom stereocenters. The van der Waals surface area contributed by atoms with Gasteiger partial charge in [-0.05, 0) is 160 Å². The quantitative estimate of drug-likeness (QED) is 0.0114. The molecule has 38 N–H and O–H groups in total. The first-order chi connectivity index (χ1) is 57.7. The van der Waals surface area contributed by atoms with Crippen molar-refractivity contribution in [3.63, 3.8) is 0 Å². The van der Waals surface area contributed by atoms with Gasteiger partial charge in [-0.3, -0.25) is 79.2 Å². The van der Waals surface area contributed by atoms with Crippen LogP contribution in [-0.2, 0) is 83.2 Å². The van der Waals surface area contributed by atoms with Crippen LogP contribution in [0.1, 0.15) is 140 Å². The predicted molar refractivity (Wildman–Crippen MR) is 455 cm³/mol. The van der Waals surface area contributed by atoms with Crippen LogP contribution < -0.4 is 120 Å². The topological polar surface area (TPSA) is 758 Å². The average Bonchev–Trinajstić information content (AvgIpc) is 0.814. The second kappa shape index (κ2) is 52.6. The zero-order valence-electron chi connectivity index (χ0n) is 69.2. The number of guanidine groups is 4. The van der Waals surface area contributed by atoms with Crippen molar-refractivity contribution in [3.05, 3.63) is 119 Å². The van der Waals surface area contributed by atoms with Gasteiger partial charge in [-0.25, -0.2) is 0 Å². The van der Waals surface area contributed by atoms with Gasteiger partial charge in [0.2, 0.25) is 70.9 Å². The Morgan fingerprint density at radius 2 is 0.459 bits per heavy atom. The molecule has 4 aromatic rings. The van der Waals surface area contributed by atoms with E-state index in [-0.39, 0.29) is 200 Å². The molecule has 0 heterocycles. The predicted octanol–water partition coefficient (Wildman–Crippen LogP) is -4.04. The molecule has 0 aliphatic rings. The maximum Gasteiger partial charge on any atom is 0.243 e. The van der Waals surface area contributed by atoms with E-state index in [9.17, 15) is 78.0 Å². The standard InChI is InChI=1S/C80H124N26O16/c1-43(2)37-61(73(119)97-55(13-7-33-93-77(85)86)69(115)101-59(65(83)111)39-45-17-25-49(107)26-18-45)105-71(117)57(15-9-35-95-79(89)90)99-75(121)63(41-47-21-29-51(109)30-22-47)103-67(113)53(81)11-5-6-12-54(82)68(114)104-64(42-48-23-31-52(110)32-24-48)76(122)100-58(16-10-36-96-80(91)92)72(118)106-62(38-44(3)4)74(120)98-56(14-8-34-94-78(87)88)70(116)102-60(66(84)112)40-46-19-27-50(108)28-20-46/h17-32,43-44,53-64,107-110H,5-16,33-42,81-82H2,1-4H3,(H2,83,111)(H2,84,112)(H,97,119)(H,98,120)(H,99,121)(H,100,122)(H,101,115)(H,102,116)(H,103,113)(H,104,114)(H,105,117)(H,106,118)(H4,85,86,93)(H4,87,88,94)(H4,89,90,95)(H4,91,92,96)/t53-,54-,55-,56-,57-,58-,59-,60-,61-,62-,63-,64-/m0/s1. The molecule has 0 saturated carbocycles. The number of carbonyl (C=O) groups is 12. The van der Waals surface area contributed by atoms with E-state index in [1.807, 2.05) is 0 Å². The number of nitrogens with two attached hydrogens (primary N) is 8. The summed E-state index contributed by atoms with van der Waals surface area (Å²) < 4.78 is 0. The average molecular weight is 1710 g/mol. The SMILES string of the molecule is CC(C)C[C@H](NC(=O)[C@H](CCCNC(=N)N)NC(=O)[C@H](Cc1ccc(O)cc1)NC(=O)[C@@H](N)CCCC[C@H](N)C(=O)N[C@@H](Cc1ccc(O)cc1)C(=O)N[C@@H](CCCNC(=N)N)C(=O)N[C@@H](CC(C)C)C(=O)N[C@@H](CCCNC(=N)N)C(=O)N[C@@H](Cc1ccc(O)cc1)C(N)=O)C(=O)N[C@@H](CCCNC(=N)N)C(=O)N[C@@H](Cc1ccc(O)cc1)C(N)=O. The second-order valence-electron chi connectivity index (χ2n) is 30.6. The molecule has 12 amide bonds. The van der Waals surface area contributed by atoms with E-state index in [0.29, 0.717) is 22.3 Å².